The Hall–Kier alpha value is -4.52. The van der Waals surface area contributed by atoms with E-state index < -0.39 is 5.91 Å². The maximum absolute atomic E-state index is 13.3. The minimum atomic E-state index is -0.394. The zero-order valence-electron chi connectivity index (χ0n) is 17.1. The van der Waals surface area contributed by atoms with Crippen molar-refractivity contribution in [1.29, 1.82) is 0 Å². The van der Waals surface area contributed by atoms with Gasteiger partial charge in [0.2, 0.25) is 0 Å². The second-order valence-corrected chi connectivity index (χ2v) is 7.25. The maximum Gasteiger partial charge on any atom is 0.259 e. The zero-order chi connectivity index (χ0) is 22.1. The number of nitrogens with one attached hydrogen (secondary N) is 1. The molecule has 1 N–H and O–H groups in total. The molecule has 0 saturated carbocycles. The summed E-state index contributed by atoms with van der Waals surface area (Å²) in [5.74, 6) is 0.0561. The van der Waals surface area contributed by atoms with Crippen molar-refractivity contribution in [2.45, 2.75) is 6.92 Å². The first kappa shape index (κ1) is 19.4. The molecule has 0 spiro atoms. The molecule has 0 bridgehead atoms. The Kier molecular flexibility index (Phi) is 4.84. The molecule has 5 rings (SSSR count). The number of benzene rings is 3. The highest BCUT2D eigenvalue weighted by molar-refractivity contribution is 6.12. The predicted octanol–water partition coefficient (Wildman–Crippen LogP) is 4.60. The number of fused-ring (bicyclic) bond motifs is 1. The Balaban J connectivity index is 1.62. The van der Waals surface area contributed by atoms with Crippen LogP contribution in [0.3, 0.4) is 0 Å². The summed E-state index contributed by atoms with van der Waals surface area (Å²) in [6.07, 6.45) is 3.25. The minimum absolute atomic E-state index is 0.164. The minimum Gasteiger partial charge on any atom is -0.455 e. The van der Waals surface area contributed by atoms with Crippen molar-refractivity contribution >= 4 is 22.6 Å². The molecule has 3 aromatic carbocycles. The van der Waals surface area contributed by atoms with E-state index in [9.17, 15) is 9.59 Å². The van der Waals surface area contributed by atoms with Gasteiger partial charge in [-0.1, -0.05) is 53.7 Å². The molecule has 0 aliphatic heterocycles. The number of rotatable bonds is 4. The average molecular weight is 422 g/mol. The van der Waals surface area contributed by atoms with Crippen LogP contribution in [0.4, 0.5) is 5.69 Å². The van der Waals surface area contributed by atoms with E-state index in [1.54, 1.807) is 48.3 Å². The number of hydrogen-bond donors (Lipinski definition) is 1. The normalized spacial score (nSPS) is 10.9. The van der Waals surface area contributed by atoms with Gasteiger partial charge in [0.05, 0.1) is 34.7 Å². The second-order valence-electron chi connectivity index (χ2n) is 7.25. The molecular formula is C25H18N4O3. The lowest BCUT2D eigenvalue weighted by Gasteiger charge is -2.13. The summed E-state index contributed by atoms with van der Waals surface area (Å²) in [4.78, 5) is 26.3. The fourth-order valence-electron chi connectivity index (χ4n) is 3.66. The van der Waals surface area contributed by atoms with E-state index in [4.69, 9.17) is 4.42 Å². The molecule has 0 aliphatic carbocycles. The van der Waals surface area contributed by atoms with E-state index in [1.807, 2.05) is 48.5 Å². The van der Waals surface area contributed by atoms with Crippen LogP contribution in [0.25, 0.3) is 28.0 Å². The summed E-state index contributed by atoms with van der Waals surface area (Å²) >= 11 is 0. The number of nitrogens with zero attached hydrogens (tertiary/aromatic N) is 3. The van der Waals surface area contributed by atoms with Crippen LogP contribution in [0.15, 0.2) is 94.4 Å². The Bertz CT molecular complexity index is 1490. The van der Waals surface area contributed by atoms with Crippen molar-refractivity contribution in [3.05, 3.63) is 107 Å². The molecular weight excluding hydrogens is 404 g/mol. The Morgan fingerprint density at radius 2 is 1.75 bits per heavy atom. The van der Waals surface area contributed by atoms with Gasteiger partial charge < -0.3 is 9.73 Å². The fraction of sp³-hybridized carbons (Fsp3) is 0.0400. The Morgan fingerprint density at radius 1 is 0.969 bits per heavy atom. The number of carbonyl (C=O) groups excluding carboxylic acids is 1. The first-order valence-electron chi connectivity index (χ1n) is 10.0. The number of para-hydroxylation sites is 3. The first-order valence-corrected chi connectivity index (χ1v) is 10.0. The summed E-state index contributed by atoms with van der Waals surface area (Å²) in [7, 11) is 0. The summed E-state index contributed by atoms with van der Waals surface area (Å²) in [5, 5.41) is 11.1. The van der Waals surface area contributed by atoms with Gasteiger partial charge in [0.15, 0.2) is 11.0 Å². The molecule has 1 amide bonds. The molecule has 7 heteroatoms. The van der Waals surface area contributed by atoms with Gasteiger partial charge in [-0.3, -0.25) is 9.59 Å². The summed E-state index contributed by atoms with van der Waals surface area (Å²) in [6, 6.07) is 21.6. The van der Waals surface area contributed by atoms with Gasteiger partial charge in [0.1, 0.15) is 5.76 Å². The van der Waals surface area contributed by atoms with Crippen LogP contribution in [-0.4, -0.2) is 20.9 Å². The van der Waals surface area contributed by atoms with Gasteiger partial charge in [-0.2, -0.15) is 0 Å². The molecule has 2 heterocycles. The molecule has 2 aromatic heterocycles. The van der Waals surface area contributed by atoms with Crippen molar-refractivity contribution in [2.24, 2.45) is 0 Å². The lowest BCUT2D eigenvalue weighted by atomic mass is 10.0. The van der Waals surface area contributed by atoms with Crippen molar-refractivity contribution in [1.82, 2.24) is 15.0 Å². The van der Waals surface area contributed by atoms with E-state index in [0.717, 1.165) is 5.56 Å². The van der Waals surface area contributed by atoms with Crippen molar-refractivity contribution in [2.75, 3.05) is 5.32 Å². The molecule has 0 aliphatic rings. The van der Waals surface area contributed by atoms with Crippen molar-refractivity contribution in [3.63, 3.8) is 0 Å². The summed E-state index contributed by atoms with van der Waals surface area (Å²) in [6.45, 7) is 1.73. The smallest absolute Gasteiger partial charge is 0.259 e. The highest BCUT2D eigenvalue weighted by Gasteiger charge is 2.19. The van der Waals surface area contributed by atoms with Gasteiger partial charge in [-0.25, -0.2) is 4.68 Å². The molecule has 7 nitrogen and oxygen atoms in total. The van der Waals surface area contributed by atoms with Crippen LogP contribution >= 0.6 is 0 Å². The van der Waals surface area contributed by atoms with Crippen LogP contribution in [-0.2, 0) is 0 Å². The zero-order valence-corrected chi connectivity index (χ0v) is 17.1. The van der Waals surface area contributed by atoms with E-state index >= 15 is 0 Å². The number of hydrogen-bond acceptors (Lipinski definition) is 5. The third-order valence-corrected chi connectivity index (χ3v) is 5.25. The highest BCUT2D eigenvalue weighted by Crippen LogP contribution is 2.28. The van der Waals surface area contributed by atoms with Crippen LogP contribution < -0.4 is 10.7 Å². The van der Waals surface area contributed by atoms with Crippen LogP contribution in [0.5, 0.6) is 0 Å². The molecule has 0 unspecified atom stereocenters. The first-order chi connectivity index (χ1) is 15.6. The number of aromatic nitrogens is 3. The fourth-order valence-corrected chi connectivity index (χ4v) is 3.66. The summed E-state index contributed by atoms with van der Waals surface area (Å²) < 4.78 is 7.73. The third-order valence-electron chi connectivity index (χ3n) is 5.25. The van der Waals surface area contributed by atoms with Crippen LogP contribution in [0, 0.1) is 6.92 Å². The van der Waals surface area contributed by atoms with Gasteiger partial charge in [-0.05, 0) is 31.2 Å². The number of amides is 1. The van der Waals surface area contributed by atoms with Gasteiger partial charge >= 0.3 is 0 Å². The Morgan fingerprint density at radius 3 is 2.53 bits per heavy atom. The molecule has 0 fully saturated rings. The monoisotopic (exact) mass is 422 g/mol. The topological polar surface area (TPSA) is 90.0 Å². The SMILES string of the molecule is Cc1c(-c2ccccc2)oc2c(C(=O)Nc3ccccc3-n3ccnn3)cccc2c1=O. The lowest BCUT2D eigenvalue weighted by molar-refractivity contribution is 0.102. The molecule has 32 heavy (non-hydrogen) atoms. The average Bonchev–Trinajstić information content (AvgIpc) is 3.37. The quantitative estimate of drug-likeness (QED) is 0.457. The maximum atomic E-state index is 13.3. The molecule has 0 saturated heterocycles. The van der Waals surface area contributed by atoms with Gasteiger partial charge in [0.25, 0.3) is 5.91 Å². The van der Waals surface area contributed by atoms with Crippen LogP contribution in [0.2, 0.25) is 0 Å². The second kappa shape index (κ2) is 7.96. The molecule has 156 valence electrons. The Labute approximate surface area is 182 Å². The van der Waals surface area contributed by atoms with Crippen molar-refractivity contribution in [3.8, 4) is 17.0 Å². The van der Waals surface area contributed by atoms with E-state index in [0.29, 0.717) is 28.1 Å². The van der Waals surface area contributed by atoms with E-state index in [-0.39, 0.29) is 16.6 Å². The molecule has 5 aromatic rings. The third kappa shape index (κ3) is 3.35. The standard InChI is InChI=1S/C25H18N4O3/c1-16-22(30)18-10-7-11-19(24(18)32-23(16)17-8-3-2-4-9-17)25(31)27-20-12-5-6-13-21(20)29-15-14-26-28-29/h2-15H,1H3,(H,27,31). The summed E-state index contributed by atoms with van der Waals surface area (Å²) in [5.41, 5.74) is 2.85. The number of anilines is 1. The predicted molar refractivity (Wildman–Crippen MR) is 122 cm³/mol. The highest BCUT2D eigenvalue weighted by atomic mass is 16.3. The number of carbonyl (C=O) groups is 1. The largest absolute Gasteiger partial charge is 0.455 e. The van der Waals surface area contributed by atoms with Crippen LogP contribution in [0.1, 0.15) is 15.9 Å². The van der Waals surface area contributed by atoms with Gasteiger partial charge in [0, 0.05) is 11.1 Å². The van der Waals surface area contributed by atoms with Gasteiger partial charge in [-0.15, -0.1) is 5.10 Å². The van der Waals surface area contributed by atoms with E-state index in [1.165, 1.54) is 0 Å². The lowest BCUT2D eigenvalue weighted by Crippen LogP contribution is -2.16. The molecule has 0 radical (unpaired) electrons. The van der Waals surface area contributed by atoms with E-state index in [2.05, 4.69) is 15.6 Å². The van der Waals surface area contributed by atoms with Crippen molar-refractivity contribution < 1.29 is 9.21 Å². The molecule has 0 atom stereocenters.